The van der Waals surface area contributed by atoms with Crippen LogP contribution in [0.3, 0.4) is 0 Å². The van der Waals surface area contributed by atoms with Crippen LogP contribution in [0.25, 0.3) is 0 Å². The first-order chi connectivity index (χ1) is 11.1. The van der Waals surface area contributed by atoms with Crippen molar-refractivity contribution < 1.29 is 29.4 Å². The number of imide groups is 1. The average molecular weight is 415 g/mol. The number of rotatable bonds is 5. The minimum Gasteiger partial charge on any atom is -0.481 e. The Morgan fingerprint density at radius 1 is 0.875 bits per heavy atom. The molecule has 0 bridgehead atoms. The first-order valence-corrected chi connectivity index (χ1v) is 7.79. The molecule has 0 saturated heterocycles. The first kappa shape index (κ1) is 18.8. The number of hydrogen-bond donors (Lipinski definition) is 2. The van der Waals surface area contributed by atoms with E-state index in [-0.39, 0.29) is 31.2 Å². The number of carboxylic acids is 2. The predicted octanol–water partition coefficient (Wildman–Crippen LogP) is 3.21. The lowest BCUT2D eigenvalue weighted by Crippen LogP contribution is -2.45. The monoisotopic (exact) mass is 413 g/mol. The maximum atomic E-state index is 12.5. The second kappa shape index (κ2) is 6.76. The van der Waals surface area contributed by atoms with Crippen LogP contribution in [0.15, 0.2) is 0 Å². The molecule has 24 heavy (non-hydrogen) atoms. The molecule has 0 spiro atoms. The Morgan fingerprint density at radius 2 is 1.29 bits per heavy atom. The third kappa shape index (κ3) is 2.93. The third-order valence-electron chi connectivity index (χ3n) is 3.36. The van der Waals surface area contributed by atoms with Gasteiger partial charge < -0.3 is 10.2 Å². The molecule has 0 radical (unpaired) electrons. The molecule has 0 aromatic heterocycles. The van der Waals surface area contributed by atoms with Crippen LogP contribution in [0.1, 0.15) is 33.6 Å². The summed E-state index contributed by atoms with van der Waals surface area (Å²) in [5.41, 5.74) is -0.717. The molecular weight excluding hydrogens is 408 g/mol. The van der Waals surface area contributed by atoms with Crippen molar-refractivity contribution in [2.75, 3.05) is 0 Å². The van der Waals surface area contributed by atoms with Crippen molar-refractivity contribution in [1.82, 2.24) is 4.90 Å². The van der Waals surface area contributed by atoms with Gasteiger partial charge in [-0.15, -0.1) is 0 Å². The van der Waals surface area contributed by atoms with E-state index in [9.17, 15) is 24.3 Å². The van der Waals surface area contributed by atoms with Crippen LogP contribution in [-0.2, 0) is 9.59 Å². The summed E-state index contributed by atoms with van der Waals surface area (Å²) in [5.74, 6) is -4.88. The Hall–Kier alpha value is -1.54. The Morgan fingerprint density at radius 3 is 1.62 bits per heavy atom. The molecule has 1 heterocycles. The molecule has 1 aliphatic heterocycles. The summed E-state index contributed by atoms with van der Waals surface area (Å²) in [4.78, 5) is 47.4. The lowest BCUT2D eigenvalue weighted by Gasteiger charge is -2.21. The molecule has 0 unspecified atom stereocenters. The number of carbonyl (C=O) groups excluding carboxylic acids is 2. The number of halogens is 4. The standard InChI is InChI=1S/C13H7Cl4NO6/c14-7-5-6(8(15)10(17)9(7)16)12(22)18(11(5)21)3(13(23)24)1-2-4(19)20/h3H,1-2H2,(H,19,20)(H,23,24)/t3-/m1/s1. The van der Waals surface area contributed by atoms with Crippen LogP contribution in [0.4, 0.5) is 0 Å². The molecule has 1 aromatic rings. The normalized spacial score (nSPS) is 14.8. The van der Waals surface area contributed by atoms with Crippen molar-refractivity contribution in [2.24, 2.45) is 0 Å². The van der Waals surface area contributed by atoms with E-state index in [1.807, 2.05) is 0 Å². The predicted molar refractivity (Wildman–Crippen MR) is 85.3 cm³/mol. The largest absolute Gasteiger partial charge is 0.481 e. The molecule has 0 fully saturated rings. The van der Waals surface area contributed by atoms with Crippen LogP contribution in [0, 0.1) is 0 Å². The third-order valence-corrected chi connectivity index (χ3v) is 5.16. The fourth-order valence-electron chi connectivity index (χ4n) is 2.27. The number of carbonyl (C=O) groups is 4. The van der Waals surface area contributed by atoms with Crippen LogP contribution in [0.2, 0.25) is 20.1 Å². The number of aliphatic carboxylic acids is 2. The van der Waals surface area contributed by atoms with E-state index in [1.54, 1.807) is 0 Å². The summed E-state index contributed by atoms with van der Waals surface area (Å²) in [5, 5.41) is 16.8. The van der Waals surface area contributed by atoms with Gasteiger partial charge in [-0.05, 0) is 6.42 Å². The van der Waals surface area contributed by atoms with Crippen molar-refractivity contribution >= 4 is 70.2 Å². The van der Waals surface area contributed by atoms with Gasteiger partial charge in [0, 0.05) is 6.42 Å². The second-order valence-corrected chi connectivity index (χ2v) is 6.28. The van der Waals surface area contributed by atoms with E-state index in [4.69, 9.17) is 51.5 Å². The Labute approximate surface area is 154 Å². The summed E-state index contributed by atoms with van der Waals surface area (Å²) >= 11 is 23.6. The molecule has 2 rings (SSSR count). The second-order valence-electron chi connectivity index (χ2n) is 4.77. The Bertz CT molecular complexity index is 746. The Balaban J connectivity index is 2.57. The van der Waals surface area contributed by atoms with Gasteiger partial charge in [-0.25, -0.2) is 4.79 Å². The lowest BCUT2D eigenvalue weighted by atomic mass is 10.1. The van der Waals surface area contributed by atoms with E-state index in [2.05, 4.69) is 0 Å². The van der Waals surface area contributed by atoms with Crippen molar-refractivity contribution in [3.8, 4) is 0 Å². The van der Waals surface area contributed by atoms with Crippen molar-refractivity contribution in [3.05, 3.63) is 31.2 Å². The van der Waals surface area contributed by atoms with E-state index in [1.165, 1.54) is 0 Å². The van der Waals surface area contributed by atoms with E-state index < -0.39 is 42.6 Å². The highest BCUT2D eigenvalue weighted by Crippen LogP contribution is 2.45. The zero-order chi connectivity index (χ0) is 18.3. The highest BCUT2D eigenvalue weighted by Gasteiger charge is 2.46. The van der Waals surface area contributed by atoms with E-state index >= 15 is 0 Å². The highest BCUT2D eigenvalue weighted by molar-refractivity contribution is 6.55. The molecule has 1 aromatic carbocycles. The maximum Gasteiger partial charge on any atom is 0.326 e. The fourth-order valence-corrected chi connectivity index (χ4v) is 3.29. The first-order valence-electron chi connectivity index (χ1n) is 6.28. The van der Waals surface area contributed by atoms with Gasteiger partial charge in [0.1, 0.15) is 6.04 Å². The molecule has 0 aliphatic carbocycles. The van der Waals surface area contributed by atoms with Gasteiger partial charge in [-0.1, -0.05) is 46.4 Å². The van der Waals surface area contributed by atoms with Gasteiger partial charge in [0.25, 0.3) is 11.8 Å². The molecule has 0 saturated carbocycles. The van der Waals surface area contributed by atoms with Gasteiger partial charge >= 0.3 is 11.9 Å². The summed E-state index contributed by atoms with van der Waals surface area (Å²) in [6, 6.07) is -1.70. The minimum atomic E-state index is -1.70. The van der Waals surface area contributed by atoms with Gasteiger partial charge in [0.2, 0.25) is 0 Å². The quantitative estimate of drug-likeness (QED) is 0.434. The van der Waals surface area contributed by atoms with Crippen LogP contribution >= 0.6 is 46.4 Å². The van der Waals surface area contributed by atoms with Crippen molar-refractivity contribution in [3.63, 3.8) is 0 Å². The molecular formula is C13H7Cl4NO6. The zero-order valence-electron chi connectivity index (χ0n) is 11.5. The smallest absolute Gasteiger partial charge is 0.326 e. The number of amides is 2. The summed E-state index contributed by atoms with van der Waals surface area (Å²) in [6.07, 6.45) is -1.04. The number of fused-ring (bicyclic) bond motifs is 1. The molecule has 1 aliphatic rings. The molecule has 128 valence electrons. The van der Waals surface area contributed by atoms with Crippen LogP contribution < -0.4 is 0 Å². The number of benzene rings is 1. The number of nitrogens with zero attached hydrogens (tertiary/aromatic N) is 1. The molecule has 2 amide bonds. The van der Waals surface area contributed by atoms with Crippen molar-refractivity contribution in [2.45, 2.75) is 18.9 Å². The molecule has 7 nitrogen and oxygen atoms in total. The molecule has 2 N–H and O–H groups in total. The molecule has 11 heteroatoms. The average Bonchev–Trinajstić information content (AvgIpc) is 2.75. The van der Waals surface area contributed by atoms with Gasteiger partial charge in [0.15, 0.2) is 0 Å². The fraction of sp³-hybridized carbons (Fsp3) is 0.231. The van der Waals surface area contributed by atoms with E-state index in [0.717, 1.165) is 0 Å². The summed E-state index contributed by atoms with van der Waals surface area (Å²) in [6.45, 7) is 0. The zero-order valence-corrected chi connectivity index (χ0v) is 14.5. The van der Waals surface area contributed by atoms with Crippen molar-refractivity contribution in [1.29, 1.82) is 0 Å². The highest BCUT2D eigenvalue weighted by atomic mass is 35.5. The summed E-state index contributed by atoms with van der Waals surface area (Å²) in [7, 11) is 0. The van der Waals surface area contributed by atoms with Gasteiger partial charge in [0.05, 0.1) is 31.2 Å². The number of carboxylic acid groups (broad SMARTS) is 2. The topological polar surface area (TPSA) is 112 Å². The van der Waals surface area contributed by atoms with Crippen LogP contribution in [-0.4, -0.2) is 44.9 Å². The summed E-state index contributed by atoms with van der Waals surface area (Å²) < 4.78 is 0. The van der Waals surface area contributed by atoms with Gasteiger partial charge in [-0.3, -0.25) is 19.3 Å². The maximum absolute atomic E-state index is 12.5. The van der Waals surface area contributed by atoms with Crippen LogP contribution in [0.5, 0.6) is 0 Å². The molecule has 1 atom stereocenters. The Kier molecular flexibility index (Phi) is 5.29. The minimum absolute atomic E-state index is 0.248. The SMILES string of the molecule is O=C(O)CC[C@H](C(=O)O)N1C(=O)c2c(Cl)c(Cl)c(Cl)c(Cl)c2C1=O. The van der Waals surface area contributed by atoms with E-state index in [0.29, 0.717) is 4.90 Å². The van der Waals surface area contributed by atoms with Gasteiger partial charge in [-0.2, -0.15) is 0 Å². The lowest BCUT2D eigenvalue weighted by molar-refractivity contribution is -0.142. The number of hydrogen-bond acceptors (Lipinski definition) is 4.